The van der Waals surface area contributed by atoms with Crippen LogP contribution >= 0.6 is 0 Å². The average molecular weight is 340 g/mol. The number of rotatable bonds is 7. The van der Waals surface area contributed by atoms with Crippen LogP contribution in [0.3, 0.4) is 0 Å². The molecule has 1 aromatic carbocycles. The lowest BCUT2D eigenvalue weighted by atomic mass is 9.98. The number of sulfonamides is 1. The number of hydrogen-bond acceptors (Lipinski definition) is 4. The third kappa shape index (κ3) is 7.00. The molecule has 2 N–H and O–H groups in total. The van der Waals surface area contributed by atoms with Gasteiger partial charge in [-0.25, -0.2) is 13.1 Å². The summed E-state index contributed by atoms with van der Waals surface area (Å²) in [5.74, 6) is 0.451. The molecule has 1 fully saturated rings. The molecule has 1 aliphatic rings. The molecule has 7 heteroatoms. The van der Waals surface area contributed by atoms with Crippen LogP contribution in [0.4, 0.5) is 0 Å². The minimum Gasteiger partial charge on any atom is -0.490 e. The SMILES string of the molecule is CS(=O)(=O)NCC(=O)NCc1cccc(OC2CCCCC2)c1. The summed E-state index contributed by atoms with van der Waals surface area (Å²) in [7, 11) is -3.36. The molecule has 0 saturated heterocycles. The lowest BCUT2D eigenvalue weighted by molar-refractivity contribution is -0.120. The number of carbonyl (C=O) groups is 1. The van der Waals surface area contributed by atoms with Gasteiger partial charge in [-0.3, -0.25) is 4.79 Å². The lowest BCUT2D eigenvalue weighted by Crippen LogP contribution is -2.36. The van der Waals surface area contributed by atoms with E-state index >= 15 is 0 Å². The first-order chi connectivity index (χ1) is 10.9. The van der Waals surface area contributed by atoms with Crippen LogP contribution in [0, 0.1) is 0 Å². The summed E-state index contributed by atoms with van der Waals surface area (Å²) in [6, 6.07) is 7.64. The van der Waals surface area contributed by atoms with E-state index < -0.39 is 10.0 Å². The van der Waals surface area contributed by atoms with Crippen molar-refractivity contribution in [2.45, 2.75) is 44.8 Å². The minimum absolute atomic E-state index is 0.253. The van der Waals surface area contributed by atoms with E-state index in [0.717, 1.165) is 30.4 Å². The third-order valence-electron chi connectivity index (χ3n) is 3.74. The summed E-state index contributed by atoms with van der Waals surface area (Å²) in [5.41, 5.74) is 0.922. The standard InChI is InChI=1S/C16H24N2O4S/c1-23(20,21)18-12-16(19)17-11-13-6-5-9-15(10-13)22-14-7-3-2-4-8-14/h5-6,9-10,14,18H,2-4,7-8,11-12H2,1H3,(H,17,19). The molecule has 0 aliphatic heterocycles. The fourth-order valence-electron chi connectivity index (χ4n) is 2.56. The number of nitrogens with one attached hydrogen (secondary N) is 2. The smallest absolute Gasteiger partial charge is 0.235 e. The molecule has 0 bridgehead atoms. The second-order valence-corrected chi connectivity index (χ2v) is 7.73. The van der Waals surface area contributed by atoms with Crippen molar-refractivity contribution < 1.29 is 17.9 Å². The number of benzene rings is 1. The molecule has 0 unspecified atom stereocenters. The summed E-state index contributed by atoms with van der Waals surface area (Å²) < 4.78 is 30.0. The van der Waals surface area contributed by atoms with Crippen molar-refractivity contribution >= 4 is 15.9 Å². The summed E-state index contributed by atoms with van der Waals surface area (Å²) in [5, 5.41) is 2.68. The molecule has 1 aromatic rings. The van der Waals surface area contributed by atoms with Gasteiger partial charge in [-0.1, -0.05) is 18.6 Å². The summed E-state index contributed by atoms with van der Waals surface area (Å²) in [6.07, 6.45) is 7.21. The van der Waals surface area contributed by atoms with Gasteiger partial charge in [0, 0.05) is 6.54 Å². The monoisotopic (exact) mass is 340 g/mol. The molecular formula is C16H24N2O4S. The van der Waals surface area contributed by atoms with E-state index in [0.29, 0.717) is 6.54 Å². The Balaban J connectivity index is 1.81. The van der Waals surface area contributed by atoms with Crippen LogP contribution in [0.15, 0.2) is 24.3 Å². The largest absolute Gasteiger partial charge is 0.490 e. The quantitative estimate of drug-likeness (QED) is 0.789. The fraction of sp³-hybridized carbons (Fsp3) is 0.562. The molecule has 23 heavy (non-hydrogen) atoms. The van der Waals surface area contributed by atoms with Crippen molar-refractivity contribution in [3.8, 4) is 5.75 Å². The zero-order valence-corrected chi connectivity index (χ0v) is 14.2. The van der Waals surface area contributed by atoms with E-state index in [-0.39, 0.29) is 18.6 Å². The molecule has 2 rings (SSSR count). The normalized spacial score (nSPS) is 16.0. The molecule has 1 amide bonds. The molecule has 6 nitrogen and oxygen atoms in total. The average Bonchev–Trinajstić information content (AvgIpc) is 2.52. The molecule has 0 spiro atoms. The zero-order valence-electron chi connectivity index (χ0n) is 13.4. The van der Waals surface area contributed by atoms with Crippen LogP contribution in [-0.4, -0.2) is 33.2 Å². The Morgan fingerprint density at radius 1 is 1.26 bits per heavy atom. The highest BCUT2D eigenvalue weighted by atomic mass is 32.2. The van der Waals surface area contributed by atoms with Gasteiger partial charge >= 0.3 is 0 Å². The Bertz CT molecular complexity index is 625. The highest BCUT2D eigenvalue weighted by Gasteiger charge is 2.14. The van der Waals surface area contributed by atoms with Crippen LogP contribution in [0.2, 0.25) is 0 Å². The summed E-state index contributed by atoms with van der Waals surface area (Å²) >= 11 is 0. The van der Waals surface area contributed by atoms with E-state index in [4.69, 9.17) is 4.74 Å². The predicted molar refractivity (Wildman–Crippen MR) is 88.6 cm³/mol. The molecule has 0 heterocycles. The van der Waals surface area contributed by atoms with E-state index in [2.05, 4.69) is 10.0 Å². The van der Waals surface area contributed by atoms with Gasteiger partial charge in [0.15, 0.2) is 0 Å². The van der Waals surface area contributed by atoms with E-state index in [9.17, 15) is 13.2 Å². The lowest BCUT2D eigenvalue weighted by Gasteiger charge is -2.23. The van der Waals surface area contributed by atoms with Crippen LogP contribution < -0.4 is 14.8 Å². The Labute approximate surface area is 137 Å². The molecule has 1 aliphatic carbocycles. The first-order valence-corrected chi connectivity index (χ1v) is 9.78. The van der Waals surface area contributed by atoms with Gasteiger partial charge < -0.3 is 10.1 Å². The van der Waals surface area contributed by atoms with E-state index in [1.807, 2.05) is 24.3 Å². The van der Waals surface area contributed by atoms with Gasteiger partial charge in [-0.15, -0.1) is 0 Å². The van der Waals surface area contributed by atoms with Crippen LogP contribution in [0.5, 0.6) is 5.75 Å². The van der Waals surface area contributed by atoms with Crippen molar-refractivity contribution in [3.05, 3.63) is 29.8 Å². The highest BCUT2D eigenvalue weighted by molar-refractivity contribution is 7.88. The topological polar surface area (TPSA) is 84.5 Å². The van der Waals surface area contributed by atoms with Gasteiger partial charge in [0.05, 0.1) is 18.9 Å². The maximum atomic E-state index is 11.6. The van der Waals surface area contributed by atoms with Crippen molar-refractivity contribution in [1.82, 2.24) is 10.0 Å². The molecular weight excluding hydrogens is 316 g/mol. The number of hydrogen-bond donors (Lipinski definition) is 2. The van der Waals surface area contributed by atoms with Gasteiger partial charge in [0.2, 0.25) is 15.9 Å². The predicted octanol–water partition coefficient (Wildman–Crippen LogP) is 1.56. The van der Waals surface area contributed by atoms with Crippen molar-refractivity contribution in [3.63, 3.8) is 0 Å². The first kappa shape index (κ1) is 17.7. The van der Waals surface area contributed by atoms with Gasteiger partial charge in [-0.2, -0.15) is 0 Å². The van der Waals surface area contributed by atoms with E-state index in [1.54, 1.807) is 0 Å². The van der Waals surface area contributed by atoms with Crippen LogP contribution in [-0.2, 0) is 21.4 Å². The Morgan fingerprint density at radius 3 is 2.70 bits per heavy atom. The van der Waals surface area contributed by atoms with Gasteiger partial charge in [-0.05, 0) is 43.4 Å². The Morgan fingerprint density at radius 2 is 2.00 bits per heavy atom. The maximum Gasteiger partial charge on any atom is 0.235 e. The number of carbonyl (C=O) groups excluding carboxylic acids is 1. The Kier molecular flexibility index (Phi) is 6.41. The fourth-order valence-corrected chi connectivity index (χ4v) is 2.96. The number of amides is 1. The molecule has 128 valence electrons. The third-order valence-corrected chi connectivity index (χ3v) is 4.41. The van der Waals surface area contributed by atoms with Crippen LogP contribution in [0.1, 0.15) is 37.7 Å². The van der Waals surface area contributed by atoms with Crippen molar-refractivity contribution in [1.29, 1.82) is 0 Å². The van der Waals surface area contributed by atoms with E-state index in [1.165, 1.54) is 19.3 Å². The number of ether oxygens (including phenoxy) is 1. The minimum atomic E-state index is -3.36. The second-order valence-electron chi connectivity index (χ2n) is 5.90. The molecule has 1 saturated carbocycles. The van der Waals surface area contributed by atoms with Crippen molar-refractivity contribution in [2.75, 3.05) is 12.8 Å². The second kappa shape index (κ2) is 8.31. The first-order valence-electron chi connectivity index (χ1n) is 7.89. The Hall–Kier alpha value is -1.60. The van der Waals surface area contributed by atoms with Gasteiger partial charge in [0.25, 0.3) is 0 Å². The maximum absolute atomic E-state index is 11.6. The summed E-state index contributed by atoms with van der Waals surface area (Å²) in [6.45, 7) is 0.0865. The zero-order chi connectivity index (χ0) is 16.7. The van der Waals surface area contributed by atoms with Crippen molar-refractivity contribution in [2.24, 2.45) is 0 Å². The molecule has 0 aromatic heterocycles. The molecule has 0 atom stereocenters. The summed E-state index contributed by atoms with van der Waals surface area (Å²) in [4.78, 5) is 11.6. The molecule has 0 radical (unpaired) electrons. The van der Waals surface area contributed by atoms with Gasteiger partial charge in [0.1, 0.15) is 5.75 Å². The highest BCUT2D eigenvalue weighted by Crippen LogP contribution is 2.23. The van der Waals surface area contributed by atoms with Crippen LogP contribution in [0.25, 0.3) is 0 Å².